The number of β-amino-alcohol motifs (C(OH)–C–C–N with tert-alkyl or cyclic N) is 1. The van der Waals surface area contributed by atoms with E-state index in [2.05, 4.69) is 9.69 Å². The summed E-state index contributed by atoms with van der Waals surface area (Å²) in [5.74, 6) is 0.343. The summed E-state index contributed by atoms with van der Waals surface area (Å²) >= 11 is 1.22. The van der Waals surface area contributed by atoms with E-state index in [1.54, 1.807) is 0 Å². The maximum absolute atomic E-state index is 12.2. The number of hydrogen-bond acceptors (Lipinski definition) is 6. The predicted molar refractivity (Wildman–Crippen MR) is 81.1 cm³/mol. The maximum atomic E-state index is 12.2. The minimum absolute atomic E-state index is 0.0432. The molecule has 1 aliphatic rings. The number of carbonyl (C=O) groups is 1. The molecule has 7 heteroatoms. The Morgan fingerprint density at radius 2 is 2.30 bits per heavy atom. The van der Waals surface area contributed by atoms with Crippen LogP contribution in [0.2, 0.25) is 0 Å². The number of hydrogen-bond donors (Lipinski definition) is 3. The van der Waals surface area contributed by atoms with Crippen LogP contribution in [0.25, 0.3) is 0 Å². The molecule has 2 heterocycles. The molecule has 0 radical (unpaired) electrons. The first-order valence-electron chi connectivity index (χ1n) is 6.89. The van der Waals surface area contributed by atoms with Crippen LogP contribution >= 0.6 is 11.5 Å². The number of nitrogens with two attached hydrogens (primary N) is 1. The van der Waals surface area contributed by atoms with Crippen LogP contribution in [0.4, 0.5) is 10.8 Å². The third-order valence-corrected chi connectivity index (χ3v) is 4.48. The molecular formula is C13H22N4O2S. The number of nitrogens with one attached hydrogen (secondary N) is 1. The van der Waals surface area contributed by atoms with Gasteiger partial charge in [0, 0.05) is 19.1 Å². The Kier molecular flexibility index (Phi) is 4.49. The molecule has 1 aromatic rings. The highest BCUT2D eigenvalue weighted by Gasteiger charge is 2.30. The third kappa shape index (κ3) is 3.04. The summed E-state index contributed by atoms with van der Waals surface area (Å²) in [5.41, 5.74) is 6.27. The molecule has 2 rings (SSSR count). The lowest BCUT2D eigenvalue weighted by molar-refractivity contribution is 0.0939. The fraction of sp³-hybridized carbons (Fsp3) is 0.692. The van der Waals surface area contributed by atoms with Gasteiger partial charge in [-0.1, -0.05) is 6.92 Å². The molecule has 6 nitrogen and oxygen atoms in total. The number of rotatable bonds is 3. The molecule has 20 heavy (non-hydrogen) atoms. The van der Waals surface area contributed by atoms with Crippen molar-refractivity contribution < 1.29 is 9.90 Å². The molecule has 1 aromatic heterocycles. The average Bonchev–Trinajstić information content (AvgIpc) is 2.74. The highest BCUT2D eigenvalue weighted by Crippen LogP contribution is 2.33. The molecule has 1 amide bonds. The van der Waals surface area contributed by atoms with Gasteiger partial charge in [0.05, 0.1) is 6.10 Å². The summed E-state index contributed by atoms with van der Waals surface area (Å²) in [5, 5.41) is 13.6. The molecule has 4 N–H and O–H groups in total. The number of aliphatic hydroxyl groups is 1. The van der Waals surface area contributed by atoms with Crippen molar-refractivity contribution in [2.75, 3.05) is 23.7 Å². The van der Waals surface area contributed by atoms with Crippen LogP contribution in [-0.2, 0) is 0 Å². The summed E-state index contributed by atoms with van der Waals surface area (Å²) < 4.78 is 4.10. The number of carbonyl (C=O) groups excluding carboxylic acids is 1. The Balaban J connectivity index is 2.23. The molecule has 1 saturated heterocycles. The van der Waals surface area contributed by atoms with E-state index in [-0.39, 0.29) is 29.8 Å². The molecule has 0 aromatic carbocycles. The van der Waals surface area contributed by atoms with Crippen LogP contribution in [0.1, 0.15) is 37.6 Å². The van der Waals surface area contributed by atoms with Crippen molar-refractivity contribution in [3.05, 3.63) is 5.56 Å². The standard InChI is InChI=1S/C13H22N4O2S/c1-7(2)15-12(19)10-11(14)16-20-13(10)17-5-4-8(3)9(18)6-17/h7-9,18H,4-6H2,1-3H3,(H2,14,16)(H,15,19). The lowest BCUT2D eigenvalue weighted by atomic mass is 9.96. The van der Waals surface area contributed by atoms with E-state index < -0.39 is 0 Å². The Morgan fingerprint density at radius 1 is 1.60 bits per heavy atom. The van der Waals surface area contributed by atoms with Gasteiger partial charge >= 0.3 is 0 Å². The zero-order valence-electron chi connectivity index (χ0n) is 12.1. The summed E-state index contributed by atoms with van der Waals surface area (Å²) in [6.45, 7) is 7.17. The largest absolute Gasteiger partial charge is 0.391 e. The quantitative estimate of drug-likeness (QED) is 0.776. The molecule has 0 bridgehead atoms. The smallest absolute Gasteiger partial charge is 0.258 e. The van der Waals surface area contributed by atoms with Gasteiger partial charge in [0.25, 0.3) is 5.91 Å². The van der Waals surface area contributed by atoms with Crippen LogP contribution in [0.3, 0.4) is 0 Å². The van der Waals surface area contributed by atoms with E-state index in [9.17, 15) is 9.90 Å². The number of aromatic nitrogens is 1. The lowest BCUT2D eigenvalue weighted by Crippen LogP contribution is -2.43. The number of nitrogen functional groups attached to an aromatic ring is 1. The Hall–Kier alpha value is -1.34. The van der Waals surface area contributed by atoms with E-state index >= 15 is 0 Å². The van der Waals surface area contributed by atoms with Gasteiger partial charge in [-0.2, -0.15) is 4.37 Å². The molecule has 0 saturated carbocycles. The van der Waals surface area contributed by atoms with Crippen molar-refractivity contribution in [1.29, 1.82) is 0 Å². The second-order valence-corrected chi connectivity index (χ2v) is 6.41. The number of nitrogens with zero attached hydrogens (tertiary/aromatic N) is 2. The Morgan fingerprint density at radius 3 is 2.90 bits per heavy atom. The summed E-state index contributed by atoms with van der Waals surface area (Å²) in [4.78, 5) is 14.2. The normalized spacial score (nSPS) is 23.1. The minimum atomic E-state index is -0.381. The molecule has 2 atom stereocenters. The number of piperidine rings is 1. The Bertz CT molecular complexity index is 489. The third-order valence-electron chi connectivity index (χ3n) is 3.55. The van der Waals surface area contributed by atoms with Gasteiger partial charge in [0.2, 0.25) is 0 Å². The molecule has 1 aliphatic heterocycles. The van der Waals surface area contributed by atoms with Gasteiger partial charge < -0.3 is 21.1 Å². The zero-order chi connectivity index (χ0) is 14.9. The molecule has 112 valence electrons. The van der Waals surface area contributed by atoms with Crippen molar-refractivity contribution in [3.8, 4) is 0 Å². The van der Waals surface area contributed by atoms with E-state index in [1.807, 2.05) is 25.7 Å². The SMILES string of the molecule is CC(C)NC(=O)c1c(N)nsc1N1CCC(C)C(O)C1. The zero-order valence-corrected chi connectivity index (χ0v) is 12.9. The maximum Gasteiger partial charge on any atom is 0.258 e. The fourth-order valence-corrected chi connectivity index (χ4v) is 3.14. The highest BCUT2D eigenvalue weighted by atomic mass is 32.1. The molecule has 0 spiro atoms. The van der Waals surface area contributed by atoms with Gasteiger partial charge in [-0.15, -0.1) is 0 Å². The molecule has 0 aliphatic carbocycles. The van der Waals surface area contributed by atoms with E-state index in [1.165, 1.54) is 11.5 Å². The first-order valence-corrected chi connectivity index (χ1v) is 7.66. The van der Waals surface area contributed by atoms with Gasteiger partial charge in [0.1, 0.15) is 10.6 Å². The molecular weight excluding hydrogens is 276 g/mol. The summed E-state index contributed by atoms with van der Waals surface area (Å²) in [7, 11) is 0. The topological polar surface area (TPSA) is 91.5 Å². The first kappa shape index (κ1) is 15.1. The monoisotopic (exact) mass is 298 g/mol. The predicted octanol–water partition coefficient (Wildman–Crippen LogP) is 1.07. The highest BCUT2D eigenvalue weighted by molar-refractivity contribution is 7.11. The second kappa shape index (κ2) is 5.97. The van der Waals surface area contributed by atoms with E-state index in [0.29, 0.717) is 12.1 Å². The van der Waals surface area contributed by atoms with Crippen LogP contribution in [0.15, 0.2) is 0 Å². The van der Waals surface area contributed by atoms with Crippen molar-refractivity contribution in [2.45, 2.75) is 39.3 Å². The van der Waals surface area contributed by atoms with Crippen LogP contribution in [0, 0.1) is 5.92 Å². The van der Waals surface area contributed by atoms with E-state index in [0.717, 1.165) is 18.0 Å². The minimum Gasteiger partial charge on any atom is -0.391 e. The lowest BCUT2D eigenvalue weighted by Gasteiger charge is -2.35. The van der Waals surface area contributed by atoms with Crippen molar-refractivity contribution in [2.24, 2.45) is 5.92 Å². The van der Waals surface area contributed by atoms with Gasteiger partial charge in [-0.3, -0.25) is 4.79 Å². The van der Waals surface area contributed by atoms with Gasteiger partial charge in [-0.25, -0.2) is 0 Å². The molecule has 1 fully saturated rings. The van der Waals surface area contributed by atoms with Gasteiger partial charge in [0.15, 0.2) is 5.82 Å². The van der Waals surface area contributed by atoms with Crippen molar-refractivity contribution in [1.82, 2.24) is 9.69 Å². The summed E-state index contributed by atoms with van der Waals surface area (Å²) in [6.07, 6.45) is 0.512. The summed E-state index contributed by atoms with van der Waals surface area (Å²) in [6, 6.07) is 0.0432. The number of aliphatic hydroxyl groups excluding tert-OH is 1. The number of amides is 1. The van der Waals surface area contributed by atoms with Gasteiger partial charge in [-0.05, 0) is 37.7 Å². The van der Waals surface area contributed by atoms with Crippen LogP contribution in [-0.4, -0.2) is 40.6 Å². The van der Waals surface area contributed by atoms with Crippen molar-refractivity contribution >= 4 is 28.3 Å². The first-order chi connectivity index (χ1) is 9.40. The number of anilines is 2. The second-order valence-electron chi connectivity index (χ2n) is 5.66. The molecule has 2 unspecified atom stereocenters. The van der Waals surface area contributed by atoms with Crippen LogP contribution in [0.5, 0.6) is 0 Å². The Labute approximate surface area is 123 Å². The van der Waals surface area contributed by atoms with Crippen molar-refractivity contribution in [3.63, 3.8) is 0 Å². The average molecular weight is 298 g/mol. The van der Waals surface area contributed by atoms with Crippen LogP contribution < -0.4 is 16.0 Å². The van der Waals surface area contributed by atoms with E-state index in [4.69, 9.17) is 5.73 Å². The fourth-order valence-electron chi connectivity index (χ4n) is 2.29.